The van der Waals surface area contributed by atoms with Crippen molar-refractivity contribution in [2.45, 2.75) is 26.3 Å². The normalized spacial score (nSPS) is 11.4. The number of nitro groups is 1. The molecule has 0 fully saturated rings. The molecule has 0 saturated carbocycles. The van der Waals surface area contributed by atoms with Crippen molar-refractivity contribution >= 4 is 23.5 Å². The summed E-state index contributed by atoms with van der Waals surface area (Å²) < 4.78 is 0. The van der Waals surface area contributed by atoms with E-state index in [1.807, 2.05) is 0 Å². The molecule has 0 aliphatic carbocycles. The molecule has 0 bridgehead atoms. The van der Waals surface area contributed by atoms with E-state index < -0.39 is 35.3 Å². The van der Waals surface area contributed by atoms with E-state index in [-0.39, 0.29) is 17.8 Å². The van der Waals surface area contributed by atoms with Gasteiger partial charge in [0.05, 0.1) is 4.92 Å². The van der Waals surface area contributed by atoms with Gasteiger partial charge in [-0.1, -0.05) is 13.0 Å². The first-order valence-electron chi connectivity index (χ1n) is 7.32. The Bertz CT molecular complexity index is 646. The number of aliphatic carboxylic acids is 1. The van der Waals surface area contributed by atoms with Gasteiger partial charge in [0, 0.05) is 24.2 Å². The summed E-state index contributed by atoms with van der Waals surface area (Å²) in [6.45, 7) is 3.03. The molecule has 24 heavy (non-hydrogen) atoms. The van der Waals surface area contributed by atoms with Crippen LogP contribution in [-0.4, -0.2) is 51.8 Å². The van der Waals surface area contributed by atoms with E-state index in [9.17, 15) is 24.5 Å². The van der Waals surface area contributed by atoms with Crippen LogP contribution in [0.3, 0.4) is 0 Å². The molecule has 0 aliphatic heterocycles. The maximum Gasteiger partial charge on any atom is 0.323 e. The molecule has 1 unspecified atom stereocenters. The molecule has 1 aromatic carbocycles. The molecular formula is C15H19N3O6. The van der Waals surface area contributed by atoms with Crippen molar-refractivity contribution in [1.82, 2.24) is 10.2 Å². The third-order valence-corrected chi connectivity index (χ3v) is 3.17. The Balaban J connectivity index is 2.81. The summed E-state index contributed by atoms with van der Waals surface area (Å²) in [5.41, 5.74) is -0.191. The second kappa shape index (κ2) is 8.61. The van der Waals surface area contributed by atoms with Gasteiger partial charge in [0.2, 0.25) is 5.91 Å². The first-order chi connectivity index (χ1) is 11.3. The van der Waals surface area contributed by atoms with E-state index in [2.05, 4.69) is 5.32 Å². The molecule has 0 saturated heterocycles. The van der Waals surface area contributed by atoms with E-state index in [1.165, 1.54) is 25.1 Å². The SMILES string of the molecule is CCCN(CC(=O)O)C(=O)C(C)NC(=O)c1cccc([N+](=O)[O-])c1. The molecule has 2 amide bonds. The van der Waals surface area contributed by atoms with Crippen molar-refractivity contribution in [3.8, 4) is 0 Å². The van der Waals surface area contributed by atoms with E-state index in [0.29, 0.717) is 6.42 Å². The lowest BCUT2D eigenvalue weighted by molar-refractivity contribution is -0.384. The zero-order valence-corrected chi connectivity index (χ0v) is 13.4. The Morgan fingerprint density at radius 2 is 2.04 bits per heavy atom. The maximum atomic E-state index is 12.3. The third kappa shape index (κ3) is 5.34. The van der Waals surface area contributed by atoms with Crippen LogP contribution in [0.15, 0.2) is 24.3 Å². The van der Waals surface area contributed by atoms with E-state index in [1.54, 1.807) is 6.92 Å². The van der Waals surface area contributed by atoms with Gasteiger partial charge in [0.15, 0.2) is 0 Å². The lowest BCUT2D eigenvalue weighted by atomic mass is 10.1. The fourth-order valence-corrected chi connectivity index (χ4v) is 2.08. The molecule has 2 N–H and O–H groups in total. The smallest absolute Gasteiger partial charge is 0.323 e. The van der Waals surface area contributed by atoms with Crippen molar-refractivity contribution in [2.24, 2.45) is 0 Å². The summed E-state index contributed by atoms with van der Waals surface area (Å²) in [5.74, 6) is -2.32. The van der Waals surface area contributed by atoms with Gasteiger partial charge in [0.25, 0.3) is 11.6 Å². The van der Waals surface area contributed by atoms with Crippen molar-refractivity contribution in [2.75, 3.05) is 13.1 Å². The van der Waals surface area contributed by atoms with Gasteiger partial charge in [-0.05, 0) is 19.4 Å². The monoisotopic (exact) mass is 337 g/mol. The summed E-state index contributed by atoms with van der Waals surface area (Å²) in [7, 11) is 0. The highest BCUT2D eigenvalue weighted by Crippen LogP contribution is 2.13. The molecule has 9 nitrogen and oxygen atoms in total. The molecule has 9 heteroatoms. The van der Waals surface area contributed by atoms with Crippen LogP contribution in [0.5, 0.6) is 0 Å². The number of nitrogens with one attached hydrogen (secondary N) is 1. The molecule has 0 heterocycles. The lowest BCUT2D eigenvalue weighted by Crippen LogP contribution is -2.48. The largest absolute Gasteiger partial charge is 0.480 e. The number of carbonyl (C=O) groups is 3. The number of carbonyl (C=O) groups excluding carboxylic acids is 2. The summed E-state index contributed by atoms with van der Waals surface area (Å²) in [6.07, 6.45) is 0.574. The highest BCUT2D eigenvalue weighted by Gasteiger charge is 2.24. The summed E-state index contributed by atoms with van der Waals surface area (Å²) in [6, 6.07) is 4.16. The number of hydrogen-bond donors (Lipinski definition) is 2. The average Bonchev–Trinajstić information content (AvgIpc) is 2.53. The number of nitro benzene ring substituents is 1. The molecule has 0 spiro atoms. The molecular weight excluding hydrogens is 318 g/mol. The average molecular weight is 337 g/mol. The Kier molecular flexibility index (Phi) is 6.84. The zero-order valence-electron chi connectivity index (χ0n) is 13.4. The molecule has 0 radical (unpaired) electrons. The molecule has 1 rings (SSSR count). The van der Waals surface area contributed by atoms with Crippen LogP contribution in [-0.2, 0) is 9.59 Å². The number of nitrogens with zero attached hydrogens (tertiary/aromatic N) is 2. The van der Waals surface area contributed by atoms with Crippen molar-refractivity contribution < 1.29 is 24.4 Å². The number of rotatable bonds is 8. The number of hydrogen-bond acceptors (Lipinski definition) is 5. The fourth-order valence-electron chi connectivity index (χ4n) is 2.08. The molecule has 1 atom stereocenters. The third-order valence-electron chi connectivity index (χ3n) is 3.17. The quantitative estimate of drug-likeness (QED) is 0.538. The molecule has 1 aromatic rings. The van der Waals surface area contributed by atoms with Gasteiger partial charge < -0.3 is 15.3 Å². The molecule has 0 aliphatic rings. The summed E-state index contributed by atoms with van der Waals surface area (Å²) >= 11 is 0. The number of amides is 2. The number of carboxylic acid groups (broad SMARTS) is 1. The van der Waals surface area contributed by atoms with Gasteiger partial charge in [-0.15, -0.1) is 0 Å². The Labute approximate surface area is 138 Å². The number of carboxylic acids is 1. The summed E-state index contributed by atoms with van der Waals surface area (Å²) in [5, 5.41) is 22.0. The van der Waals surface area contributed by atoms with Crippen molar-refractivity contribution in [3.05, 3.63) is 39.9 Å². The van der Waals surface area contributed by atoms with Crippen LogP contribution in [0.25, 0.3) is 0 Å². The molecule has 0 aromatic heterocycles. The van der Waals surface area contributed by atoms with Crippen LogP contribution in [0.4, 0.5) is 5.69 Å². The van der Waals surface area contributed by atoms with Gasteiger partial charge >= 0.3 is 5.97 Å². The predicted molar refractivity (Wildman–Crippen MR) is 84.5 cm³/mol. The minimum Gasteiger partial charge on any atom is -0.480 e. The van der Waals surface area contributed by atoms with Gasteiger partial charge in [-0.3, -0.25) is 24.5 Å². The standard InChI is InChI=1S/C15H19N3O6/c1-3-7-17(9-13(19)20)15(22)10(2)16-14(21)11-5-4-6-12(8-11)18(23)24/h4-6,8,10H,3,7,9H2,1-2H3,(H,16,21)(H,19,20). The zero-order chi connectivity index (χ0) is 18.3. The Morgan fingerprint density at radius 1 is 1.38 bits per heavy atom. The second-order valence-corrected chi connectivity index (χ2v) is 5.16. The van der Waals surface area contributed by atoms with Crippen LogP contribution in [0, 0.1) is 10.1 Å². The summed E-state index contributed by atoms with van der Waals surface area (Å²) in [4.78, 5) is 46.4. The van der Waals surface area contributed by atoms with Gasteiger partial charge in [-0.25, -0.2) is 0 Å². The maximum absolute atomic E-state index is 12.3. The molecule has 130 valence electrons. The highest BCUT2D eigenvalue weighted by atomic mass is 16.6. The van der Waals surface area contributed by atoms with E-state index >= 15 is 0 Å². The topological polar surface area (TPSA) is 130 Å². The highest BCUT2D eigenvalue weighted by molar-refractivity contribution is 5.98. The van der Waals surface area contributed by atoms with Crippen LogP contribution < -0.4 is 5.32 Å². The lowest BCUT2D eigenvalue weighted by Gasteiger charge is -2.24. The Morgan fingerprint density at radius 3 is 2.58 bits per heavy atom. The van der Waals surface area contributed by atoms with Gasteiger partial charge in [0.1, 0.15) is 12.6 Å². The van der Waals surface area contributed by atoms with Crippen LogP contribution >= 0.6 is 0 Å². The minimum absolute atomic E-state index is 0.0455. The van der Waals surface area contributed by atoms with Crippen LogP contribution in [0.1, 0.15) is 30.6 Å². The van der Waals surface area contributed by atoms with Crippen molar-refractivity contribution in [1.29, 1.82) is 0 Å². The number of non-ortho nitro benzene ring substituents is 1. The van der Waals surface area contributed by atoms with E-state index in [0.717, 1.165) is 11.0 Å². The fraction of sp³-hybridized carbons (Fsp3) is 0.400. The van der Waals surface area contributed by atoms with Crippen LogP contribution in [0.2, 0.25) is 0 Å². The first kappa shape index (κ1) is 19.1. The van der Waals surface area contributed by atoms with Gasteiger partial charge in [-0.2, -0.15) is 0 Å². The Hall–Kier alpha value is -2.97. The number of benzene rings is 1. The first-order valence-corrected chi connectivity index (χ1v) is 7.32. The minimum atomic E-state index is -1.14. The van der Waals surface area contributed by atoms with E-state index in [4.69, 9.17) is 5.11 Å². The van der Waals surface area contributed by atoms with Crippen molar-refractivity contribution in [3.63, 3.8) is 0 Å². The predicted octanol–water partition coefficient (Wildman–Crippen LogP) is 1.04. The second-order valence-electron chi connectivity index (χ2n) is 5.16.